The molecule has 2 aromatic rings. The van der Waals surface area contributed by atoms with Gasteiger partial charge in [0.15, 0.2) is 0 Å². The summed E-state index contributed by atoms with van der Waals surface area (Å²) in [6.07, 6.45) is -3.09. The second-order valence-corrected chi connectivity index (χ2v) is 5.64. The van der Waals surface area contributed by atoms with Gasteiger partial charge in [-0.3, -0.25) is 4.79 Å². The Kier molecular flexibility index (Phi) is 4.67. The summed E-state index contributed by atoms with van der Waals surface area (Å²) in [5.74, 6) is 0.0491. The number of imidazole rings is 1. The Balaban J connectivity index is 1.69. The molecule has 0 spiro atoms. The quantitative estimate of drug-likeness (QED) is 0.846. The molecule has 1 amide bonds. The van der Waals surface area contributed by atoms with Crippen LogP contribution in [0.4, 0.5) is 13.2 Å². The van der Waals surface area contributed by atoms with Gasteiger partial charge in [-0.1, -0.05) is 12.1 Å². The Bertz CT molecular complexity index is 750. The zero-order valence-electron chi connectivity index (χ0n) is 13.4. The first-order valence-electron chi connectivity index (χ1n) is 7.56. The maximum Gasteiger partial charge on any atom is 0.573 e. The molecule has 9 heteroatoms. The van der Waals surface area contributed by atoms with Crippen LogP contribution in [0.1, 0.15) is 21.9 Å². The number of amides is 1. The molecule has 0 atom stereocenters. The van der Waals surface area contributed by atoms with Crippen LogP contribution in [0.25, 0.3) is 0 Å². The van der Waals surface area contributed by atoms with Crippen molar-refractivity contribution >= 4 is 5.91 Å². The number of aromatic nitrogens is 2. The molecule has 1 aliphatic heterocycles. The zero-order valence-corrected chi connectivity index (χ0v) is 13.4. The topological polar surface area (TPSA) is 56.6 Å². The van der Waals surface area contributed by atoms with Crippen molar-refractivity contribution in [1.29, 1.82) is 0 Å². The second-order valence-electron chi connectivity index (χ2n) is 5.64. The third kappa shape index (κ3) is 4.30. The monoisotopic (exact) mass is 355 g/mol. The molecule has 1 aromatic carbocycles. The van der Waals surface area contributed by atoms with Gasteiger partial charge in [0.05, 0.1) is 6.61 Å². The number of halogens is 3. The third-order valence-corrected chi connectivity index (χ3v) is 3.68. The number of benzene rings is 1. The average Bonchev–Trinajstić information content (AvgIpc) is 2.96. The van der Waals surface area contributed by atoms with Crippen LogP contribution < -0.4 is 4.74 Å². The molecule has 3 rings (SSSR count). The number of ether oxygens (including phenoxy) is 2. The van der Waals surface area contributed by atoms with Gasteiger partial charge in [-0.15, -0.1) is 13.2 Å². The number of alkyl halides is 3. The van der Waals surface area contributed by atoms with E-state index in [-0.39, 0.29) is 23.9 Å². The van der Waals surface area contributed by atoms with Gasteiger partial charge >= 0.3 is 6.36 Å². The van der Waals surface area contributed by atoms with Crippen LogP contribution in [-0.4, -0.2) is 40.4 Å². The van der Waals surface area contributed by atoms with Gasteiger partial charge in [-0.25, -0.2) is 4.98 Å². The maximum atomic E-state index is 12.5. The van der Waals surface area contributed by atoms with Gasteiger partial charge in [-0.2, -0.15) is 0 Å². The lowest BCUT2D eigenvalue weighted by atomic mass is 10.2. The standard InChI is InChI=1S/C16H16F3N3O3/c1-21(8-11-3-2-4-12(7-11)25-16(17,18)19)15(23)13-9-22-5-6-24-10-14(22)20-13/h2-4,7,9H,5-6,8,10H2,1H3. The average molecular weight is 355 g/mol. The van der Waals surface area contributed by atoms with Crippen molar-refractivity contribution in [3.05, 3.63) is 47.5 Å². The van der Waals surface area contributed by atoms with E-state index in [2.05, 4.69) is 9.72 Å². The van der Waals surface area contributed by atoms with Crippen LogP contribution in [0.3, 0.4) is 0 Å². The number of nitrogens with zero attached hydrogens (tertiary/aromatic N) is 3. The van der Waals surface area contributed by atoms with Crippen molar-refractivity contribution in [1.82, 2.24) is 14.5 Å². The summed E-state index contributed by atoms with van der Waals surface area (Å²) in [5.41, 5.74) is 0.801. The Morgan fingerprint density at radius 3 is 2.96 bits per heavy atom. The van der Waals surface area contributed by atoms with Gasteiger partial charge in [0.25, 0.3) is 5.91 Å². The fourth-order valence-corrected chi connectivity index (χ4v) is 2.57. The summed E-state index contributed by atoms with van der Waals surface area (Å²) in [4.78, 5) is 18.1. The first-order chi connectivity index (χ1) is 11.8. The molecular weight excluding hydrogens is 339 g/mol. The van der Waals surface area contributed by atoms with Crippen LogP contribution in [0.15, 0.2) is 30.5 Å². The fraction of sp³-hybridized carbons (Fsp3) is 0.375. The van der Waals surface area contributed by atoms with Gasteiger partial charge in [0.1, 0.15) is 23.9 Å². The summed E-state index contributed by atoms with van der Waals surface area (Å²) < 4.78 is 47.9. The second kappa shape index (κ2) is 6.75. The molecule has 0 aliphatic carbocycles. The molecular formula is C16H16F3N3O3. The van der Waals surface area contributed by atoms with E-state index in [0.717, 1.165) is 0 Å². The van der Waals surface area contributed by atoms with E-state index in [4.69, 9.17) is 4.74 Å². The van der Waals surface area contributed by atoms with Crippen molar-refractivity contribution in [3.63, 3.8) is 0 Å². The van der Waals surface area contributed by atoms with Crippen molar-refractivity contribution < 1.29 is 27.4 Å². The minimum absolute atomic E-state index is 0.132. The Morgan fingerprint density at radius 2 is 2.24 bits per heavy atom. The van der Waals surface area contributed by atoms with Gasteiger partial charge in [0.2, 0.25) is 0 Å². The lowest BCUT2D eigenvalue weighted by molar-refractivity contribution is -0.274. The molecule has 0 radical (unpaired) electrons. The first kappa shape index (κ1) is 17.3. The van der Waals surface area contributed by atoms with Crippen LogP contribution in [-0.2, 0) is 24.4 Å². The Hall–Kier alpha value is -2.55. The van der Waals surface area contributed by atoms with E-state index in [1.807, 2.05) is 4.57 Å². The van der Waals surface area contributed by atoms with Crippen molar-refractivity contribution in [2.45, 2.75) is 26.1 Å². The van der Waals surface area contributed by atoms with Crippen molar-refractivity contribution in [2.75, 3.05) is 13.7 Å². The predicted octanol–water partition coefficient (Wildman–Crippen LogP) is 2.58. The lowest BCUT2D eigenvalue weighted by Gasteiger charge is -2.17. The Morgan fingerprint density at radius 1 is 1.44 bits per heavy atom. The van der Waals surface area contributed by atoms with Crippen LogP contribution in [0.5, 0.6) is 5.75 Å². The molecule has 0 bridgehead atoms. The van der Waals surface area contributed by atoms with Crippen molar-refractivity contribution in [2.24, 2.45) is 0 Å². The summed E-state index contributed by atoms with van der Waals surface area (Å²) in [5, 5.41) is 0. The van der Waals surface area contributed by atoms with Gasteiger partial charge in [0, 0.05) is 26.3 Å². The highest BCUT2D eigenvalue weighted by Gasteiger charge is 2.31. The fourth-order valence-electron chi connectivity index (χ4n) is 2.57. The van der Waals surface area contributed by atoms with E-state index in [1.54, 1.807) is 19.3 Å². The van der Waals surface area contributed by atoms with E-state index < -0.39 is 6.36 Å². The maximum absolute atomic E-state index is 12.5. The SMILES string of the molecule is CN(Cc1cccc(OC(F)(F)F)c1)C(=O)c1cn2c(n1)COCC2. The number of rotatable bonds is 4. The molecule has 1 aromatic heterocycles. The number of hydrogen-bond donors (Lipinski definition) is 0. The molecule has 0 unspecified atom stereocenters. The minimum atomic E-state index is -4.75. The molecule has 2 heterocycles. The molecule has 0 N–H and O–H groups in total. The molecule has 6 nitrogen and oxygen atoms in total. The highest BCUT2D eigenvalue weighted by atomic mass is 19.4. The highest BCUT2D eigenvalue weighted by Crippen LogP contribution is 2.24. The number of hydrogen-bond acceptors (Lipinski definition) is 4. The summed E-state index contributed by atoms with van der Waals surface area (Å²) >= 11 is 0. The summed E-state index contributed by atoms with van der Waals surface area (Å²) in [6.45, 7) is 1.69. The molecule has 0 saturated heterocycles. The van der Waals surface area contributed by atoms with Gasteiger partial charge in [-0.05, 0) is 17.7 Å². The molecule has 134 valence electrons. The minimum Gasteiger partial charge on any atom is -0.406 e. The van der Waals surface area contributed by atoms with E-state index in [0.29, 0.717) is 31.1 Å². The largest absolute Gasteiger partial charge is 0.573 e. The molecule has 1 aliphatic rings. The van der Waals surface area contributed by atoms with Crippen molar-refractivity contribution in [3.8, 4) is 5.75 Å². The lowest BCUT2D eigenvalue weighted by Crippen LogP contribution is -2.26. The van der Waals surface area contributed by atoms with Crippen LogP contribution in [0, 0.1) is 0 Å². The highest BCUT2D eigenvalue weighted by molar-refractivity contribution is 5.92. The smallest absolute Gasteiger partial charge is 0.406 e. The van der Waals surface area contributed by atoms with Crippen LogP contribution >= 0.6 is 0 Å². The zero-order chi connectivity index (χ0) is 18.0. The number of carbonyl (C=O) groups excluding carboxylic acids is 1. The number of fused-ring (bicyclic) bond motifs is 1. The molecule has 0 fully saturated rings. The summed E-state index contributed by atoms with van der Waals surface area (Å²) in [6, 6.07) is 5.53. The number of carbonyl (C=O) groups is 1. The first-order valence-corrected chi connectivity index (χ1v) is 7.56. The normalized spacial score (nSPS) is 14.1. The van der Waals surface area contributed by atoms with E-state index in [9.17, 15) is 18.0 Å². The van der Waals surface area contributed by atoms with Crippen LogP contribution in [0.2, 0.25) is 0 Å². The predicted molar refractivity (Wildman–Crippen MR) is 80.8 cm³/mol. The third-order valence-electron chi connectivity index (χ3n) is 3.68. The van der Waals surface area contributed by atoms with E-state index >= 15 is 0 Å². The molecule has 0 saturated carbocycles. The van der Waals surface area contributed by atoms with Gasteiger partial charge < -0.3 is 18.9 Å². The summed E-state index contributed by atoms with van der Waals surface area (Å²) in [7, 11) is 1.56. The Labute approximate surface area is 141 Å². The van der Waals surface area contributed by atoms with E-state index in [1.165, 1.54) is 23.1 Å². The molecule has 25 heavy (non-hydrogen) atoms.